The van der Waals surface area contributed by atoms with Gasteiger partial charge in [0.2, 0.25) is 0 Å². The predicted octanol–water partition coefficient (Wildman–Crippen LogP) is 4.20. The molecule has 0 unspecified atom stereocenters. The first-order chi connectivity index (χ1) is 13.5. The molecule has 4 rings (SSSR count). The molecule has 0 atom stereocenters. The van der Waals surface area contributed by atoms with Crippen LogP contribution in [0.2, 0.25) is 0 Å². The third-order valence-electron chi connectivity index (χ3n) is 6.06. The summed E-state index contributed by atoms with van der Waals surface area (Å²) in [6, 6.07) is 17.2. The molecule has 0 aromatic heterocycles. The molecule has 1 saturated heterocycles. The van der Waals surface area contributed by atoms with E-state index in [0.29, 0.717) is 18.7 Å². The average Bonchev–Trinajstić information content (AvgIpc) is 3.52. The molecule has 2 aromatic carbocycles. The quantitative estimate of drug-likeness (QED) is 0.850. The van der Waals surface area contributed by atoms with Gasteiger partial charge < -0.3 is 10.2 Å². The number of benzene rings is 2. The molecule has 1 N–H and O–H groups in total. The maximum Gasteiger partial charge on any atom is 0.253 e. The summed E-state index contributed by atoms with van der Waals surface area (Å²) in [6.07, 6.45) is 5.18. The fourth-order valence-electron chi connectivity index (χ4n) is 4.26. The molecule has 0 radical (unpaired) electrons. The normalized spacial score (nSPS) is 18.5. The average molecular weight is 377 g/mol. The zero-order valence-corrected chi connectivity index (χ0v) is 16.5. The van der Waals surface area contributed by atoms with Gasteiger partial charge >= 0.3 is 0 Å². The van der Waals surface area contributed by atoms with Gasteiger partial charge in [-0.15, -0.1) is 0 Å². The molecule has 2 aromatic rings. The number of amides is 2. The highest BCUT2D eigenvalue weighted by Gasteiger charge is 2.41. The predicted molar refractivity (Wildman–Crippen MR) is 110 cm³/mol. The van der Waals surface area contributed by atoms with Gasteiger partial charge in [0.15, 0.2) is 0 Å². The summed E-state index contributed by atoms with van der Waals surface area (Å²) < 4.78 is 0. The number of carbonyl (C=O) groups is 2. The van der Waals surface area contributed by atoms with E-state index in [1.54, 1.807) is 0 Å². The van der Waals surface area contributed by atoms with Crippen molar-refractivity contribution in [1.82, 2.24) is 10.2 Å². The van der Waals surface area contributed by atoms with Crippen LogP contribution in [0.25, 0.3) is 0 Å². The van der Waals surface area contributed by atoms with E-state index in [-0.39, 0.29) is 17.4 Å². The first-order valence-corrected chi connectivity index (χ1v) is 10.3. The van der Waals surface area contributed by atoms with Gasteiger partial charge in [-0.3, -0.25) is 9.59 Å². The monoisotopic (exact) mass is 376 g/mol. The Labute approximate surface area is 166 Å². The summed E-state index contributed by atoms with van der Waals surface area (Å²) in [5.41, 5.74) is 2.36. The number of rotatable bonds is 5. The largest absolute Gasteiger partial charge is 0.346 e. The Morgan fingerprint density at radius 1 is 1.00 bits per heavy atom. The fraction of sp³-hybridized carbons (Fsp3) is 0.417. The van der Waals surface area contributed by atoms with Crippen molar-refractivity contribution in [1.29, 1.82) is 0 Å². The summed E-state index contributed by atoms with van der Waals surface area (Å²) in [4.78, 5) is 27.6. The molecule has 4 nitrogen and oxygen atoms in total. The van der Waals surface area contributed by atoms with E-state index < -0.39 is 0 Å². The Morgan fingerprint density at radius 3 is 2.32 bits per heavy atom. The summed E-state index contributed by atoms with van der Waals surface area (Å²) in [6.45, 7) is 3.38. The lowest BCUT2D eigenvalue weighted by atomic mass is 9.82. The smallest absolute Gasteiger partial charge is 0.253 e. The molecule has 1 aliphatic carbocycles. The standard InChI is InChI=1S/C24H28N2O2/c1-18-6-5-9-21(16-18)23(28)26-14-12-24(13-15-26,17-19-10-11-19)25-22(27)20-7-3-2-4-8-20/h2-9,16,19H,10-15,17H2,1H3,(H,25,27). The molecular weight excluding hydrogens is 348 g/mol. The van der Waals surface area contributed by atoms with E-state index in [1.165, 1.54) is 12.8 Å². The van der Waals surface area contributed by atoms with Crippen LogP contribution in [0.5, 0.6) is 0 Å². The molecule has 146 valence electrons. The van der Waals surface area contributed by atoms with Crippen molar-refractivity contribution < 1.29 is 9.59 Å². The number of carbonyl (C=O) groups excluding carboxylic acids is 2. The molecule has 0 spiro atoms. The first-order valence-electron chi connectivity index (χ1n) is 10.3. The molecule has 2 fully saturated rings. The van der Waals surface area contributed by atoms with Crippen LogP contribution in [0, 0.1) is 12.8 Å². The van der Waals surface area contributed by atoms with Crippen molar-refractivity contribution in [2.75, 3.05) is 13.1 Å². The Hall–Kier alpha value is -2.62. The Balaban J connectivity index is 1.45. The summed E-state index contributed by atoms with van der Waals surface area (Å²) >= 11 is 0. The van der Waals surface area contributed by atoms with Gasteiger partial charge in [0.05, 0.1) is 0 Å². The van der Waals surface area contributed by atoms with Crippen LogP contribution in [-0.2, 0) is 0 Å². The van der Waals surface area contributed by atoms with Crippen molar-refractivity contribution >= 4 is 11.8 Å². The van der Waals surface area contributed by atoms with Crippen molar-refractivity contribution in [2.24, 2.45) is 5.92 Å². The molecular formula is C24H28N2O2. The third-order valence-corrected chi connectivity index (χ3v) is 6.06. The van der Waals surface area contributed by atoms with Gasteiger partial charge in [-0.2, -0.15) is 0 Å². The fourth-order valence-corrected chi connectivity index (χ4v) is 4.26. The van der Waals surface area contributed by atoms with Gasteiger partial charge in [-0.25, -0.2) is 0 Å². The summed E-state index contributed by atoms with van der Waals surface area (Å²) in [5.74, 6) is 0.813. The van der Waals surface area contributed by atoms with Gasteiger partial charge in [0.1, 0.15) is 0 Å². The summed E-state index contributed by atoms with van der Waals surface area (Å²) in [5, 5.41) is 3.35. The van der Waals surface area contributed by atoms with Gasteiger partial charge in [0.25, 0.3) is 11.8 Å². The van der Waals surface area contributed by atoms with Crippen LogP contribution in [0.15, 0.2) is 54.6 Å². The minimum atomic E-state index is -0.197. The van der Waals surface area contributed by atoms with E-state index in [2.05, 4.69) is 5.32 Å². The topological polar surface area (TPSA) is 49.4 Å². The number of aryl methyl sites for hydroxylation is 1. The lowest BCUT2D eigenvalue weighted by Gasteiger charge is -2.43. The number of nitrogens with zero attached hydrogens (tertiary/aromatic N) is 1. The molecule has 28 heavy (non-hydrogen) atoms. The molecule has 1 aliphatic heterocycles. The van der Waals surface area contributed by atoms with E-state index >= 15 is 0 Å². The third kappa shape index (κ3) is 4.27. The summed E-state index contributed by atoms with van der Waals surface area (Å²) in [7, 11) is 0. The van der Waals surface area contributed by atoms with Crippen molar-refractivity contribution in [3.05, 3.63) is 71.3 Å². The van der Waals surface area contributed by atoms with Crippen molar-refractivity contribution in [3.8, 4) is 0 Å². The van der Waals surface area contributed by atoms with Gasteiger partial charge in [0, 0.05) is 29.8 Å². The Bertz CT molecular complexity index is 850. The number of hydrogen-bond donors (Lipinski definition) is 1. The van der Waals surface area contributed by atoms with Crippen LogP contribution < -0.4 is 5.32 Å². The highest BCUT2D eigenvalue weighted by Crippen LogP contribution is 2.41. The second-order valence-corrected chi connectivity index (χ2v) is 8.41. The number of piperidine rings is 1. The molecule has 2 aliphatic rings. The van der Waals surface area contributed by atoms with Crippen LogP contribution in [0.4, 0.5) is 0 Å². The van der Waals surface area contributed by atoms with Crippen molar-refractivity contribution in [2.45, 2.75) is 44.6 Å². The van der Waals surface area contributed by atoms with Crippen LogP contribution >= 0.6 is 0 Å². The second-order valence-electron chi connectivity index (χ2n) is 8.41. The number of nitrogens with one attached hydrogen (secondary N) is 1. The van der Waals surface area contributed by atoms with Crippen LogP contribution in [0.1, 0.15) is 58.4 Å². The maximum absolute atomic E-state index is 12.9. The van der Waals surface area contributed by atoms with Crippen molar-refractivity contribution in [3.63, 3.8) is 0 Å². The molecule has 0 bridgehead atoms. The highest BCUT2D eigenvalue weighted by atomic mass is 16.2. The van der Waals surface area contributed by atoms with Crippen LogP contribution in [-0.4, -0.2) is 35.3 Å². The minimum Gasteiger partial charge on any atom is -0.346 e. The van der Waals surface area contributed by atoms with E-state index in [4.69, 9.17) is 0 Å². The molecule has 1 saturated carbocycles. The van der Waals surface area contributed by atoms with E-state index in [1.807, 2.05) is 66.4 Å². The zero-order chi connectivity index (χ0) is 19.6. The van der Waals surface area contributed by atoms with Gasteiger partial charge in [-0.1, -0.05) is 48.7 Å². The molecule has 2 amide bonds. The maximum atomic E-state index is 12.9. The Morgan fingerprint density at radius 2 is 1.68 bits per heavy atom. The van der Waals surface area contributed by atoms with E-state index in [9.17, 15) is 9.59 Å². The van der Waals surface area contributed by atoms with Crippen LogP contribution in [0.3, 0.4) is 0 Å². The SMILES string of the molecule is Cc1cccc(C(=O)N2CCC(CC3CC3)(NC(=O)c3ccccc3)CC2)c1. The Kier molecular flexibility index (Phi) is 5.21. The molecule has 1 heterocycles. The zero-order valence-electron chi connectivity index (χ0n) is 16.5. The lowest BCUT2D eigenvalue weighted by Crippen LogP contribution is -2.56. The number of likely N-dealkylation sites (tertiary alicyclic amines) is 1. The highest BCUT2D eigenvalue weighted by molar-refractivity contribution is 5.95. The first kappa shape index (κ1) is 18.7. The van der Waals surface area contributed by atoms with E-state index in [0.717, 1.165) is 36.3 Å². The number of hydrogen-bond acceptors (Lipinski definition) is 2. The van der Waals surface area contributed by atoms with Gasteiger partial charge in [-0.05, 0) is 56.4 Å². The minimum absolute atomic E-state index is 0.000268. The second kappa shape index (κ2) is 7.78. The lowest BCUT2D eigenvalue weighted by molar-refractivity contribution is 0.0600. The molecule has 4 heteroatoms.